The molecule has 106 valence electrons. The Hall–Kier alpha value is -2.20. The van der Waals surface area contributed by atoms with Crippen LogP contribution in [0.4, 0.5) is 11.5 Å². The van der Waals surface area contributed by atoms with Crippen LogP contribution in [-0.2, 0) is 0 Å². The summed E-state index contributed by atoms with van der Waals surface area (Å²) in [6.07, 6.45) is 0. The highest BCUT2D eigenvalue weighted by atomic mass is 16.6. The van der Waals surface area contributed by atoms with Crippen molar-refractivity contribution in [3.63, 3.8) is 0 Å². The summed E-state index contributed by atoms with van der Waals surface area (Å²) in [7, 11) is 0. The number of nitrogens with zero attached hydrogens (tertiary/aromatic N) is 5. The third-order valence-electron chi connectivity index (χ3n) is 3.53. The molecule has 0 amide bonds. The van der Waals surface area contributed by atoms with E-state index in [9.17, 15) is 10.1 Å². The number of piperazine rings is 1. The zero-order valence-electron chi connectivity index (χ0n) is 11.6. The fraction of sp³-hybridized carbons (Fsp3) is 0.538. The van der Waals surface area contributed by atoms with E-state index in [1.54, 1.807) is 12.1 Å². The quantitative estimate of drug-likeness (QED) is 0.612. The van der Waals surface area contributed by atoms with E-state index in [2.05, 4.69) is 28.6 Å². The van der Waals surface area contributed by atoms with Gasteiger partial charge in [-0.3, -0.25) is 15.0 Å². The fourth-order valence-electron chi connectivity index (χ4n) is 2.31. The Morgan fingerprint density at radius 2 is 2.00 bits per heavy atom. The third-order valence-corrected chi connectivity index (χ3v) is 3.53. The second-order valence-corrected chi connectivity index (χ2v) is 5.02. The van der Waals surface area contributed by atoms with Gasteiger partial charge in [0.05, 0.1) is 4.92 Å². The molecule has 7 nitrogen and oxygen atoms in total. The Bertz CT molecular complexity index is 544. The van der Waals surface area contributed by atoms with E-state index in [0.717, 1.165) is 26.2 Å². The number of hydrogen-bond acceptors (Lipinski definition) is 6. The second kappa shape index (κ2) is 5.84. The summed E-state index contributed by atoms with van der Waals surface area (Å²) < 4.78 is 0. The van der Waals surface area contributed by atoms with Gasteiger partial charge in [0.25, 0.3) is 0 Å². The summed E-state index contributed by atoms with van der Waals surface area (Å²) in [6.45, 7) is 7.80. The highest BCUT2D eigenvalue weighted by molar-refractivity contribution is 5.51. The van der Waals surface area contributed by atoms with E-state index in [4.69, 9.17) is 5.26 Å². The molecule has 0 aliphatic carbocycles. The molecule has 0 spiro atoms. The van der Waals surface area contributed by atoms with Gasteiger partial charge in [-0.25, -0.2) is 4.98 Å². The average Bonchev–Trinajstić information content (AvgIpc) is 2.46. The van der Waals surface area contributed by atoms with E-state index in [0.29, 0.717) is 11.9 Å². The maximum Gasteiger partial charge on any atom is 0.305 e. The molecular formula is C13H17N5O2. The molecule has 0 atom stereocenters. The molecule has 0 unspecified atom stereocenters. The van der Waals surface area contributed by atoms with Crippen molar-refractivity contribution in [1.29, 1.82) is 5.26 Å². The lowest BCUT2D eigenvalue weighted by atomic mass is 10.2. The molecule has 1 aliphatic rings. The maximum absolute atomic E-state index is 10.8. The van der Waals surface area contributed by atoms with Gasteiger partial charge in [0.15, 0.2) is 0 Å². The largest absolute Gasteiger partial charge is 0.354 e. The van der Waals surface area contributed by atoms with Gasteiger partial charge in [-0.15, -0.1) is 0 Å². The fourth-order valence-corrected chi connectivity index (χ4v) is 2.31. The van der Waals surface area contributed by atoms with Gasteiger partial charge in [-0.1, -0.05) is 0 Å². The van der Waals surface area contributed by atoms with Gasteiger partial charge in [0.2, 0.25) is 5.69 Å². The SMILES string of the molecule is CC(C)N1CCN(c2ccc([N+](=O)[O-])c(C#N)n2)CC1. The Labute approximate surface area is 117 Å². The molecule has 1 fully saturated rings. The molecule has 7 heteroatoms. The van der Waals surface area contributed by atoms with Crippen LogP contribution in [0.2, 0.25) is 0 Å². The van der Waals surface area contributed by atoms with Crippen LogP contribution in [0.15, 0.2) is 12.1 Å². The number of hydrogen-bond donors (Lipinski definition) is 0. The monoisotopic (exact) mass is 275 g/mol. The molecule has 2 rings (SSSR count). The number of rotatable bonds is 3. The van der Waals surface area contributed by atoms with Crippen LogP contribution in [-0.4, -0.2) is 47.0 Å². The molecule has 1 saturated heterocycles. The molecule has 2 heterocycles. The minimum Gasteiger partial charge on any atom is -0.354 e. The first-order valence-corrected chi connectivity index (χ1v) is 6.57. The molecule has 0 radical (unpaired) electrons. The standard InChI is InChI=1S/C13H17N5O2/c1-10(2)16-5-7-17(8-6-16)13-4-3-12(18(19)20)11(9-14)15-13/h3-4,10H,5-8H2,1-2H3. The molecule has 20 heavy (non-hydrogen) atoms. The minimum absolute atomic E-state index is 0.126. The van der Waals surface area contributed by atoms with E-state index in [1.165, 1.54) is 6.07 Å². The highest BCUT2D eigenvalue weighted by Gasteiger charge is 2.22. The predicted octanol–water partition coefficient (Wildman–Crippen LogP) is 1.39. The lowest BCUT2D eigenvalue weighted by Crippen LogP contribution is -2.49. The zero-order valence-corrected chi connectivity index (χ0v) is 11.6. The van der Waals surface area contributed by atoms with Crippen LogP contribution < -0.4 is 4.90 Å². The van der Waals surface area contributed by atoms with Gasteiger partial charge in [0.1, 0.15) is 11.9 Å². The maximum atomic E-state index is 10.8. The molecule has 0 aromatic carbocycles. The van der Waals surface area contributed by atoms with Crippen molar-refractivity contribution < 1.29 is 4.92 Å². The Balaban J connectivity index is 2.15. The minimum atomic E-state index is -0.577. The lowest BCUT2D eigenvalue weighted by molar-refractivity contribution is -0.385. The second-order valence-electron chi connectivity index (χ2n) is 5.02. The molecule has 1 aromatic rings. The van der Waals surface area contributed by atoms with Crippen molar-refractivity contribution in [3.05, 3.63) is 27.9 Å². The van der Waals surface area contributed by atoms with Crippen LogP contribution in [0.5, 0.6) is 0 Å². The first kappa shape index (κ1) is 14.2. The third kappa shape index (κ3) is 2.86. The number of pyridine rings is 1. The number of nitro groups is 1. The average molecular weight is 275 g/mol. The Morgan fingerprint density at radius 1 is 1.35 bits per heavy atom. The summed E-state index contributed by atoms with van der Waals surface area (Å²) in [5.41, 5.74) is -0.365. The van der Waals surface area contributed by atoms with Crippen LogP contribution in [0.3, 0.4) is 0 Å². The van der Waals surface area contributed by atoms with Crippen molar-refractivity contribution in [3.8, 4) is 6.07 Å². The Kier molecular flexibility index (Phi) is 4.15. The lowest BCUT2D eigenvalue weighted by Gasteiger charge is -2.37. The highest BCUT2D eigenvalue weighted by Crippen LogP contribution is 2.21. The first-order chi connectivity index (χ1) is 9.52. The van der Waals surface area contributed by atoms with Crippen LogP contribution in [0, 0.1) is 21.4 Å². The topological polar surface area (TPSA) is 86.3 Å². The van der Waals surface area contributed by atoms with Gasteiger partial charge < -0.3 is 4.90 Å². The Morgan fingerprint density at radius 3 is 2.50 bits per heavy atom. The molecule has 1 aliphatic heterocycles. The molecule has 0 saturated carbocycles. The van der Waals surface area contributed by atoms with E-state index in [-0.39, 0.29) is 11.4 Å². The summed E-state index contributed by atoms with van der Waals surface area (Å²) in [6, 6.07) is 5.28. The summed E-state index contributed by atoms with van der Waals surface area (Å²) in [5.74, 6) is 0.635. The zero-order chi connectivity index (χ0) is 14.7. The van der Waals surface area contributed by atoms with E-state index < -0.39 is 4.92 Å². The molecule has 1 aromatic heterocycles. The number of nitriles is 1. The summed E-state index contributed by atoms with van der Waals surface area (Å²) in [4.78, 5) is 18.7. The molecular weight excluding hydrogens is 258 g/mol. The van der Waals surface area contributed by atoms with Crippen molar-refractivity contribution >= 4 is 11.5 Å². The van der Waals surface area contributed by atoms with E-state index >= 15 is 0 Å². The summed E-state index contributed by atoms with van der Waals surface area (Å²) >= 11 is 0. The molecule has 0 bridgehead atoms. The number of aromatic nitrogens is 1. The van der Waals surface area contributed by atoms with Crippen LogP contribution in [0.1, 0.15) is 19.5 Å². The van der Waals surface area contributed by atoms with Crippen molar-refractivity contribution in [2.45, 2.75) is 19.9 Å². The van der Waals surface area contributed by atoms with Gasteiger partial charge >= 0.3 is 5.69 Å². The van der Waals surface area contributed by atoms with E-state index in [1.807, 2.05) is 0 Å². The van der Waals surface area contributed by atoms with Gasteiger partial charge in [0, 0.05) is 38.3 Å². The van der Waals surface area contributed by atoms with Gasteiger partial charge in [-0.2, -0.15) is 5.26 Å². The van der Waals surface area contributed by atoms with Crippen LogP contribution >= 0.6 is 0 Å². The summed E-state index contributed by atoms with van der Waals surface area (Å²) in [5, 5.41) is 19.7. The smallest absolute Gasteiger partial charge is 0.305 e. The van der Waals surface area contributed by atoms with Crippen molar-refractivity contribution in [2.24, 2.45) is 0 Å². The van der Waals surface area contributed by atoms with Gasteiger partial charge in [-0.05, 0) is 19.9 Å². The molecule has 0 N–H and O–H groups in total. The first-order valence-electron chi connectivity index (χ1n) is 6.57. The normalized spacial score (nSPS) is 16.2. The van der Waals surface area contributed by atoms with Crippen molar-refractivity contribution in [2.75, 3.05) is 31.1 Å². The van der Waals surface area contributed by atoms with Crippen LogP contribution in [0.25, 0.3) is 0 Å². The number of anilines is 1. The van der Waals surface area contributed by atoms with Crippen molar-refractivity contribution in [1.82, 2.24) is 9.88 Å². The predicted molar refractivity (Wildman–Crippen MR) is 74.5 cm³/mol.